The number of aliphatic hydroxyl groups excluding tert-OH is 1. The van der Waals surface area contributed by atoms with Crippen molar-refractivity contribution in [1.82, 2.24) is 10.2 Å². The molecule has 280 valence electrons. The fourth-order valence-corrected chi connectivity index (χ4v) is 9.07. The number of benzene rings is 2. The molecule has 1 unspecified atom stereocenters. The molecule has 3 aliphatic heterocycles. The average Bonchev–Trinajstić information content (AvgIpc) is 3.74. The predicted octanol–water partition coefficient (Wildman–Crippen LogP) is 4.94. The average molecular weight is 780 g/mol. The Labute approximate surface area is 315 Å². The van der Waals surface area contributed by atoms with Crippen LogP contribution in [-0.2, 0) is 28.7 Å². The molecule has 12 heteroatoms. The van der Waals surface area contributed by atoms with Crippen LogP contribution in [0.3, 0.4) is 0 Å². The quantitative estimate of drug-likeness (QED) is 0.124. The molecule has 52 heavy (non-hydrogen) atoms. The van der Waals surface area contributed by atoms with E-state index in [2.05, 4.69) is 53.2 Å². The van der Waals surface area contributed by atoms with Crippen LogP contribution < -0.4 is 15.1 Å². The van der Waals surface area contributed by atoms with Crippen molar-refractivity contribution in [3.05, 3.63) is 85.5 Å². The summed E-state index contributed by atoms with van der Waals surface area (Å²) in [6.45, 7) is 15.3. The van der Waals surface area contributed by atoms with Crippen LogP contribution in [-0.4, -0.2) is 95.1 Å². The number of carbonyl (C=O) groups is 4. The number of carbonyl (C=O) groups excluding carboxylic acids is 4. The van der Waals surface area contributed by atoms with E-state index in [1.807, 2.05) is 54.6 Å². The van der Waals surface area contributed by atoms with E-state index < -0.39 is 47.7 Å². The zero-order valence-electron chi connectivity index (χ0n) is 30.3. The van der Waals surface area contributed by atoms with Crippen LogP contribution >= 0.6 is 15.9 Å². The van der Waals surface area contributed by atoms with E-state index in [4.69, 9.17) is 9.47 Å². The highest BCUT2D eigenvalue weighted by Gasteiger charge is 2.77. The number of amides is 3. The third kappa shape index (κ3) is 7.56. The third-order valence-electron chi connectivity index (χ3n) is 10.5. The Kier molecular flexibility index (Phi) is 13.0. The molecule has 0 aliphatic carbocycles. The first-order valence-electron chi connectivity index (χ1n) is 18.2. The Morgan fingerprint density at radius 2 is 1.77 bits per heavy atom. The van der Waals surface area contributed by atoms with Crippen LogP contribution in [0, 0.1) is 11.8 Å². The summed E-state index contributed by atoms with van der Waals surface area (Å²) >= 11 is 3.74. The molecule has 2 aromatic carbocycles. The van der Waals surface area contributed by atoms with Crippen molar-refractivity contribution in [2.75, 3.05) is 42.6 Å². The molecule has 8 atom stereocenters. The number of halogens is 1. The maximum Gasteiger partial charge on any atom is 0.313 e. The highest BCUT2D eigenvalue weighted by Crippen LogP contribution is 2.60. The van der Waals surface area contributed by atoms with Crippen molar-refractivity contribution in [2.45, 2.75) is 81.2 Å². The molecule has 3 aliphatic rings. The van der Waals surface area contributed by atoms with Crippen LogP contribution in [0.4, 0.5) is 11.4 Å². The van der Waals surface area contributed by atoms with Crippen molar-refractivity contribution in [2.24, 2.45) is 11.8 Å². The molecule has 3 saturated heterocycles. The number of likely N-dealkylation sites (tertiary alicyclic amines) is 1. The van der Waals surface area contributed by atoms with Crippen LogP contribution in [0.15, 0.2) is 79.9 Å². The van der Waals surface area contributed by atoms with E-state index in [0.29, 0.717) is 24.1 Å². The number of hydrogen-bond acceptors (Lipinski definition) is 8. The van der Waals surface area contributed by atoms with Gasteiger partial charge in [-0.2, -0.15) is 0 Å². The number of nitrogens with one attached hydrogen (secondary N) is 1. The Balaban J connectivity index is 1.48. The second-order valence-corrected chi connectivity index (χ2v) is 14.8. The van der Waals surface area contributed by atoms with Crippen molar-refractivity contribution in [3.63, 3.8) is 0 Å². The Hall–Kier alpha value is -4.00. The molecular formula is C40H51BrN4O7. The zero-order valence-corrected chi connectivity index (χ0v) is 31.9. The molecule has 0 radical (unpaired) electrons. The first kappa shape index (κ1) is 39.2. The zero-order chi connectivity index (χ0) is 37.6. The van der Waals surface area contributed by atoms with Crippen LogP contribution in [0.1, 0.15) is 58.1 Å². The molecular weight excluding hydrogens is 728 g/mol. The molecule has 0 aromatic heterocycles. The molecule has 3 fully saturated rings. The summed E-state index contributed by atoms with van der Waals surface area (Å²) < 4.78 is 13.0. The van der Waals surface area contributed by atoms with E-state index >= 15 is 0 Å². The molecule has 5 rings (SSSR count). The molecule has 11 nitrogen and oxygen atoms in total. The predicted molar refractivity (Wildman–Crippen MR) is 204 cm³/mol. The fraction of sp³-hybridized carbons (Fsp3) is 0.500. The number of rotatable bonds is 18. The Morgan fingerprint density at radius 1 is 1.10 bits per heavy atom. The first-order valence-corrected chi connectivity index (χ1v) is 19.1. The van der Waals surface area contributed by atoms with Crippen molar-refractivity contribution in [3.8, 4) is 0 Å². The first-order chi connectivity index (χ1) is 25.1. The van der Waals surface area contributed by atoms with Gasteiger partial charge in [-0.15, -0.1) is 13.2 Å². The normalized spacial score (nSPS) is 25.6. The Morgan fingerprint density at radius 3 is 2.38 bits per heavy atom. The lowest BCUT2D eigenvalue weighted by molar-refractivity contribution is -0.162. The van der Waals surface area contributed by atoms with Crippen molar-refractivity contribution in [1.29, 1.82) is 0 Å². The number of allylic oxidation sites excluding steroid dienone is 1. The summed E-state index contributed by atoms with van der Waals surface area (Å²) in [5.41, 5.74) is 1.03. The van der Waals surface area contributed by atoms with E-state index in [1.165, 1.54) is 4.90 Å². The van der Waals surface area contributed by atoms with E-state index in [1.54, 1.807) is 24.0 Å². The van der Waals surface area contributed by atoms with Gasteiger partial charge in [0.2, 0.25) is 11.8 Å². The SMILES string of the molecule is C=CCCC(=O)N[C@H](C)[C@@H](OC(=O)[C@@H]1[C@H]2O[C@@]3(CC2Br)[C@H](C(=O)N(CC=C)c2ccc(N(CC)CC)cc2)N(CCCO)C(=O)[C@@H]13)c1ccccc1. The van der Waals surface area contributed by atoms with Crippen molar-refractivity contribution >= 4 is 51.0 Å². The number of aliphatic hydroxyl groups is 1. The Bertz CT molecular complexity index is 1600. The van der Waals surface area contributed by atoms with Crippen LogP contribution in [0.5, 0.6) is 0 Å². The van der Waals surface area contributed by atoms with Gasteiger partial charge >= 0.3 is 5.97 Å². The van der Waals surface area contributed by atoms with Gasteiger partial charge in [-0.05, 0) is 69.9 Å². The second kappa shape index (κ2) is 17.2. The van der Waals surface area contributed by atoms with Gasteiger partial charge in [0.05, 0.1) is 24.0 Å². The van der Waals surface area contributed by atoms with Gasteiger partial charge in [0, 0.05) is 55.4 Å². The molecule has 1 spiro atoms. The van der Waals surface area contributed by atoms with E-state index in [-0.39, 0.29) is 55.1 Å². The number of esters is 1. The summed E-state index contributed by atoms with van der Waals surface area (Å²) in [7, 11) is 0. The second-order valence-electron chi connectivity index (χ2n) is 13.7. The minimum atomic E-state index is -1.32. The summed E-state index contributed by atoms with van der Waals surface area (Å²) in [6.07, 6.45) is 3.04. The number of nitrogens with zero attached hydrogens (tertiary/aromatic N) is 3. The maximum absolute atomic E-state index is 14.9. The number of fused-ring (bicyclic) bond motifs is 1. The largest absolute Gasteiger partial charge is 0.455 e. The van der Waals surface area contributed by atoms with Gasteiger partial charge in [0.1, 0.15) is 17.7 Å². The molecule has 3 amide bonds. The number of anilines is 2. The molecule has 2 N–H and O–H groups in total. The molecule has 2 bridgehead atoms. The van der Waals surface area contributed by atoms with Crippen molar-refractivity contribution < 1.29 is 33.8 Å². The molecule has 3 heterocycles. The van der Waals surface area contributed by atoms with Gasteiger partial charge in [-0.3, -0.25) is 19.2 Å². The lowest BCUT2D eigenvalue weighted by Crippen LogP contribution is -2.57. The third-order valence-corrected chi connectivity index (χ3v) is 11.4. The van der Waals surface area contributed by atoms with Gasteiger partial charge in [0.15, 0.2) is 0 Å². The lowest BCUT2D eigenvalue weighted by Gasteiger charge is -2.37. The van der Waals surface area contributed by atoms with E-state index in [0.717, 1.165) is 18.8 Å². The maximum atomic E-state index is 14.9. The van der Waals surface area contributed by atoms with Gasteiger partial charge in [-0.1, -0.05) is 58.4 Å². The fourth-order valence-electron chi connectivity index (χ4n) is 8.13. The molecule has 2 aromatic rings. The number of alkyl halides is 1. The summed E-state index contributed by atoms with van der Waals surface area (Å²) in [5, 5.41) is 12.8. The highest BCUT2D eigenvalue weighted by atomic mass is 79.9. The summed E-state index contributed by atoms with van der Waals surface area (Å²) in [5.74, 6) is -3.58. The minimum absolute atomic E-state index is 0.107. The topological polar surface area (TPSA) is 129 Å². The highest BCUT2D eigenvalue weighted by molar-refractivity contribution is 9.09. The smallest absolute Gasteiger partial charge is 0.313 e. The standard InChI is InChI=1S/C40H51BrN4O7/c1-6-10-17-31(47)42-26(5)34(27-15-12-11-13-16-27)51-39(50)32-33-37(48)45(23-14-24-46)36(40(33)25-30(41)35(32)52-40)38(49)44(22-7-2)29-20-18-28(19-21-29)43(8-3)9-4/h6-7,11-13,15-16,18-21,26,30,32-36,46H,1-2,8-10,14,17,22-25H2,3-5H3,(H,42,47)/t26-,30?,32+,33-,34-,35+,36+,40-/m1/s1. The number of hydrogen-bond donors (Lipinski definition) is 2. The summed E-state index contributed by atoms with van der Waals surface area (Å²) in [6, 6.07) is 15.2. The van der Waals surface area contributed by atoms with Gasteiger partial charge in [-0.25, -0.2) is 0 Å². The number of ether oxygens (including phenoxy) is 2. The summed E-state index contributed by atoms with van der Waals surface area (Å²) in [4.78, 5) is 61.5. The lowest BCUT2D eigenvalue weighted by atomic mass is 9.70. The monoisotopic (exact) mass is 778 g/mol. The van der Waals surface area contributed by atoms with E-state index in [9.17, 15) is 24.3 Å². The van der Waals surface area contributed by atoms with Crippen LogP contribution in [0.25, 0.3) is 0 Å². The minimum Gasteiger partial charge on any atom is -0.455 e. The van der Waals surface area contributed by atoms with Gasteiger partial charge < -0.3 is 34.6 Å². The molecule has 0 saturated carbocycles. The van der Waals surface area contributed by atoms with Gasteiger partial charge in [0.25, 0.3) is 5.91 Å². The van der Waals surface area contributed by atoms with Crippen LogP contribution in [0.2, 0.25) is 0 Å².